The van der Waals surface area contributed by atoms with Gasteiger partial charge in [-0.05, 0) is 57.3 Å². The van der Waals surface area contributed by atoms with Crippen LogP contribution < -0.4 is 4.90 Å². The summed E-state index contributed by atoms with van der Waals surface area (Å²) in [5.41, 5.74) is -1.17. The molecule has 2 amide bonds. The number of nitrogens with zero attached hydrogens (tertiary/aromatic N) is 4. The predicted molar refractivity (Wildman–Crippen MR) is 150 cm³/mol. The third-order valence-electron chi connectivity index (χ3n) is 7.72. The van der Waals surface area contributed by atoms with Gasteiger partial charge in [0.05, 0.1) is 16.2 Å². The summed E-state index contributed by atoms with van der Waals surface area (Å²) in [6.45, 7) is 5.21. The van der Waals surface area contributed by atoms with Crippen LogP contribution in [0.4, 0.5) is 5.69 Å². The van der Waals surface area contributed by atoms with E-state index in [0.29, 0.717) is 30.9 Å². The second kappa shape index (κ2) is 10.3. The van der Waals surface area contributed by atoms with Crippen LogP contribution in [0.1, 0.15) is 24.0 Å². The lowest BCUT2D eigenvalue weighted by Gasteiger charge is -2.35. The molecule has 5 rings (SSSR count). The Balaban J connectivity index is 1.69. The van der Waals surface area contributed by atoms with Gasteiger partial charge in [0, 0.05) is 43.9 Å². The Morgan fingerprint density at radius 2 is 1.70 bits per heavy atom. The third-order valence-corrected chi connectivity index (χ3v) is 9.64. The van der Waals surface area contributed by atoms with Crippen LogP contribution >= 0.6 is 0 Å². The van der Waals surface area contributed by atoms with Crippen molar-refractivity contribution >= 4 is 39.1 Å². The van der Waals surface area contributed by atoms with E-state index < -0.39 is 38.9 Å². The Labute approximate surface area is 233 Å². The number of fused-ring (bicyclic) bond motifs is 2. The molecule has 1 N–H and O–H groups in total. The molecular weight excluding hydrogens is 532 g/mol. The second-order valence-electron chi connectivity index (χ2n) is 10.4. The zero-order valence-electron chi connectivity index (χ0n) is 22.5. The minimum absolute atomic E-state index is 0.0589. The fourth-order valence-electron chi connectivity index (χ4n) is 5.78. The first-order chi connectivity index (χ1) is 19.1. The summed E-state index contributed by atoms with van der Waals surface area (Å²) < 4.78 is 27.4. The number of hydrogen-bond donors (Lipinski definition) is 1. The number of likely N-dealkylation sites (tertiary alicyclic amines) is 1. The van der Waals surface area contributed by atoms with E-state index in [1.807, 2.05) is 19.0 Å². The first-order valence-electron chi connectivity index (χ1n) is 13.1. The van der Waals surface area contributed by atoms with Crippen LogP contribution in [0.3, 0.4) is 0 Å². The first-order valence-corrected chi connectivity index (χ1v) is 14.6. The molecule has 3 aliphatic heterocycles. The number of hydrogen-bond acceptors (Lipinski definition) is 7. The molecule has 1 unspecified atom stereocenters. The normalized spacial score (nSPS) is 22.6. The van der Waals surface area contributed by atoms with Crippen molar-refractivity contribution in [1.29, 1.82) is 0 Å². The standard InChI is InChI=1S/C29H32N4O6S/c1-4-15-32-23-10-6-5-9-22(23)29(28(32)37)24(26(35)27(36)33(29)19-18-30(2)3)25(34)20-11-13-21(14-12-20)40(38,39)31-16-7-8-17-31/h4-6,9-14,34H,1,7-8,15-19H2,2-3H3/b25-24-. The maximum atomic E-state index is 14.3. The Bertz CT molecular complexity index is 1530. The Kier molecular flexibility index (Phi) is 7.15. The molecule has 0 radical (unpaired) electrons. The summed E-state index contributed by atoms with van der Waals surface area (Å²) in [6, 6.07) is 12.4. The number of para-hydroxylation sites is 1. The molecule has 11 heteroatoms. The molecule has 1 atom stereocenters. The zero-order chi connectivity index (χ0) is 28.8. The second-order valence-corrected chi connectivity index (χ2v) is 12.3. The largest absolute Gasteiger partial charge is 0.507 e. The molecule has 0 aromatic heterocycles. The number of benzene rings is 2. The van der Waals surface area contributed by atoms with Crippen molar-refractivity contribution in [2.75, 3.05) is 51.7 Å². The summed E-state index contributed by atoms with van der Waals surface area (Å²) in [5.74, 6) is -2.95. The molecule has 210 valence electrons. The molecule has 0 bridgehead atoms. The molecule has 0 aliphatic carbocycles. The highest BCUT2D eigenvalue weighted by Gasteiger charge is 2.66. The Morgan fingerprint density at radius 1 is 1.05 bits per heavy atom. The number of rotatable bonds is 8. The summed E-state index contributed by atoms with van der Waals surface area (Å²) in [4.78, 5) is 46.0. The van der Waals surface area contributed by atoms with Crippen molar-refractivity contribution in [3.8, 4) is 0 Å². The fourth-order valence-corrected chi connectivity index (χ4v) is 7.30. The van der Waals surface area contributed by atoms with Crippen LogP contribution in [0.2, 0.25) is 0 Å². The number of amides is 2. The first kappa shape index (κ1) is 27.8. The summed E-state index contributed by atoms with van der Waals surface area (Å²) in [5, 5.41) is 11.6. The van der Waals surface area contributed by atoms with Gasteiger partial charge in [0.1, 0.15) is 5.76 Å². The van der Waals surface area contributed by atoms with Gasteiger partial charge in [0.25, 0.3) is 17.6 Å². The topological polar surface area (TPSA) is 119 Å². The molecule has 2 aromatic rings. The molecule has 2 aromatic carbocycles. The number of sulfonamides is 1. The summed E-state index contributed by atoms with van der Waals surface area (Å²) in [6.07, 6.45) is 3.15. The van der Waals surface area contributed by atoms with E-state index in [4.69, 9.17) is 0 Å². The van der Waals surface area contributed by atoms with E-state index in [0.717, 1.165) is 12.8 Å². The molecule has 2 fully saturated rings. The van der Waals surface area contributed by atoms with Crippen LogP contribution in [-0.2, 0) is 29.9 Å². The van der Waals surface area contributed by atoms with Gasteiger partial charge in [-0.3, -0.25) is 14.4 Å². The van der Waals surface area contributed by atoms with Gasteiger partial charge in [-0.25, -0.2) is 8.42 Å². The summed E-state index contributed by atoms with van der Waals surface area (Å²) in [7, 11) is -0.0672. The van der Waals surface area contributed by atoms with E-state index in [-0.39, 0.29) is 29.1 Å². The summed E-state index contributed by atoms with van der Waals surface area (Å²) >= 11 is 0. The number of aliphatic hydroxyl groups excluding tert-OH is 1. The quantitative estimate of drug-likeness (QED) is 0.226. The van der Waals surface area contributed by atoms with E-state index in [2.05, 4.69) is 6.58 Å². The van der Waals surface area contributed by atoms with Gasteiger partial charge in [0.2, 0.25) is 10.0 Å². The predicted octanol–water partition coefficient (Wildman–Crippen LogP) is 2.14. The lowest BCUT2D eigenvalue weighted by atomic mass is 9.82. The van der Waals surface area contributed by atoms with Crippen LogP contribution in [0.15, 0.2) is 71.7 Å². The number of carbonyl (C=O) groups is 3. The van der Waals surface area contributed by atoms with Crippen LogP contribution in [0, 0.1) is 0 Å². The van der Waals surface area contributed by atoms with E-state index in [1.165, 1.54) is 38.4 Å². The number of carbonyl (C=O) groups excluding carboxylic acids is 3. The highest BCUT2D eigenvalue weighted by molar-refractivity contribution is 7.89. The smallest absolute Gasteiger partial charge is 0.296 e. The maximum Gasteiger partial charge on any atom is 0.296 e. The molecule has 0 saturated carbocycles. The Morgan fingerprint density at radius 3 is 2.33 bits per heavy atom. The average Bonchev–Trinajstić information content (AvgIpc) is 3.62. The number of Topliss-reactive ketones (excluding diaryl/α,β-unsaturated/α-hetero) is 1. The number of likely N-dealkylation sites (N-methyl/N-ethyl adjacent to an activating group) is 1. The minimum atomic E-state index is -3.70. The lowest BCUT2D eigenvalue weighted by Crippen LogP contribution is -2.53. The molecule has 3 aliphatic rings. The van der Waals surface area contributed by atoms with E-state index in [9.17, 15) is 27.9 Å². The van der Waals surface area contributed by atoms with Crippen LogP contribution in [-0.4, -0.2) is 92.0 Å². The van der Waals surface area contributed by atoms with E-state index >= 15 is 0 Å². The highest BCUT2D eigenvalue weighted by Crippen LogP contribution is 2.53. The highest BCUT2D eigenvalue weighted by atomic mass is 32.2. The van der Waals surface area contributed by atoms with E-state index in [1.54, 1.807) is 30.3 Å². The van der Waals surface area contributed by atoms with Crippen LogP contribution in [0.5, 0.6) is 0 Å². The van der Waals surface area contributed by atoms with Gasteiger partial charge in [-0.15, -0.1) is 6.58 Å². The van der Waals surface area contributed by atoms with Crippen molar-refractivity contribution in [2.45, 2.75) is 23.3 Å². The van der Waals surface area contributed by atoms with Crippen LogP contribution in [0.25, 0.3) is 5.76 Å². The number of ketones is 1. The number of anilines is 1. The SMILES string of the molecule is C=CCN1C(=O)C2(/C(=C(\O)c3ccc(S(=O)(=O)N4CCCC4)cc3)C(=O)C(=O)N2CCN(C)C)c2ccccc21. The minimum Gasteiger partial charge on any atom is -0.507 e. The lowest BCUT2D eigenvalue weighted by molar-refractivity contribution is -0.143. The molecule has 10 nitrogen and oxygen atoms in total. The monoisotopic (exact) mass is 564 g/mol. The van der Waals surface area contributed by atoms with Crippen molar-refractivity contribution in [3.63, 3.8) is 0 Å². The molecular formula is C29H32N4O6S. The van der Waals surface area contributed by atoms with Crippen molar-refractivity contribution in [3.05, 3.63) is 77.9 Å². The molecule has 2 saturated heterocycles. The van der Waals surface area contributed by atoms with Crippen molar-refractivity contribution < 1.29 is 27.9 Å². The van der Waals surface area contributed by atoms with Gasteiger partial charge in [-0.1, -0.05) is 24.3 Å². The molecule has 3 heterocycles. The van der Waals surface area contributed by atoms with Gasteiger partial charge in [0.15, 0.2) is 5.54 Å². The third kappa shape index (κ3) is 4.07. The Hall–Kier alpha value is -3.80. The van der Waals surface area contributed by atoms with Gasteiger partial charge in [-0.2, -0.15) is 4.31 Å². The number of aliphatic hydroxyl groups is 1. The zero-order valence-corrected chi connectivity index (χ0v) is 23.4. The molecule has 1 spiro atoms. The van der Waals surface area contributed by atoms with Gasteiger partial charge < -0.3 is 19.8 Å². The molecule has 40 heavy (non-hydrogen) atoms. The average molecular weight is 565 g/mol. The van der Waals surface area contributed by atoms with Crippen molar-refractivity contribution in [2.24, 2.45) is 0 Å². The van der Waals surface area contributed by atoms with Gasteiger partial charge >= 0.3 is 0 Å². The fraction of sp³-hybridized carbons (Fsp3) is 0.345. The maximum absolute atomic E-state index is 14.3. The van der Waals surface area contributed by atoms with Crippen molar-refractivity contribution in [1.82, 2.24) is 14.1 Å².